The summed E-state index contributed by atoms with van der Waals surface area (Å²) >= 11 is 0. The summed E-state index contributed by atoms with van der Waals surface area (Å²) in [5.74, 6) is 0.120. The van der Waals surface area contributed by atoms with Crippen LogP contribution in [0, 0.1) is 5.92 Å². The highest BCUT2D eigenvalue weighted by atomic mass is 16.5. The Bertz CT molecular complexity index is 273. The van der Waals surface area contributed by atoms with Gasteiger partial charge in [0.15, 0.2) is 0 Å². The first-order valence-electron chi connectivity index (χ1n) is 5.71. The maximum Gasteiger partial charge on any atom is 0.328 e. The van der Waals surface area contributed by atoms with E-state index in [9.17, 15) is 9.59 Å². The van der Waals surface area contributed by atoms with Crippen molar-refractivity contribution in [1.82, 2.24) is 4.90 Å². The summed E-state index contributed by atoms with van der Waals surface area (Å²) in [6.45, 7) is 2.90. The van der Waals surface area contributed by atoms with Crippen LogP contribution in [-0.4, -0.2) is 36.0 Å². The number of likely N-dealkylation sites (tertiary alicyclic amines) is 1. The summed E-state index contributed by atoms with van der Waals surface area (Å²) in [5.41, 5.74) is 0. The van der Waals surface area contributed by atoms with E-state index in [4.69, 9.17) is 4.74 Å². The molecular weight excluding hydrogens is 194 g/mol. The van der Waals surface area contributed by atoms with Crippen LogP contribution in [0.15, 0.2) is 0 Å². The van der Waals surface area contributed by atoms with Gasteiger partial charge in [0.1, 0.15) is 6.04 Å². The minimum absolute atomic E-state index is 0.158. The van der Waals surface area contributed by atoms with Gasteiger partial charge in [0.05, 0.1) is 6.61 Å². The monoisotopic (exact) mass is 211 g/mol. The lowest BCUT2D eigenvalue weighted by Crippen LogP contribution is -2.42. The molecular formula is C11H17NO3. The fourth-order valence-electron chi connectivity index (χ4n) is 2.08. The van der Waals surface area contributed by atoms with E-state index in [1.165, 1.54) is 0 Å². The number of esters is 1. The SMILES string of the molecule is CCOC(=O)C1CCCN1C(=O)C1CC1. The molecule has 0 bridgehead atoms. The molecule has 0 aromatic heterocycles. The van der Waals surface area contributed by atoms with Crippen molar-refractivity contribution in [2.24, 2.45) is 5.92 Å². The van der Waals surface area contributed by atoms with Gasteiger partial charge in [0.25, 0.3) is 0 Å². The number of hydrogen-bond donors (Lipinski definition) is 0. The molecule has 2 fully saturated rings. The largest absolute Gasteiger partial charge is 0.464 e. The molecule has 0 aromatic rings. The molecule has 0 aromatic carbocycles. The van der Waals surface area contributed by atoms with Crippen LogP contribution >= 0.6 is 0 Å². The van der Waals surface area contributed by atoms with Gasteiger partial charge in [0, 0.05) is 12.5 Å². The maximum atomic E-state index is 11.8. The molecule has 1 amide bonds. The standard InChI is InChI=1S/C11H17NO3/c1-2-15-11(14)9-4-3-7-12(9)10(13)8-5-6-8/h8-9H,2-7H2,1H3. The number of hydrogen-bond acceptors (Lipinski definition) is 3. The third-order valence-corrected chi connectivity index (χ3v) is 3.02. The van der Waals surface area contributed by atoms with Gasteiger partial charge in [0.2, 0.25) is 5.91 Å². The van der Waals surface area contributed by atoms with Crippen molar-refractivity contribution in [2.75, 3.05) is 13.2 Å². The second-order valence-electron chi connectivity index (χ2n) is 4.22. The smallest absolute Gasteiger partial charge is 0.328 e. The van der Waals surface area contributed by atoms with Crippen LogP contribution < -0.4 is 0 Å². The summed E-state index contributed by atoms with van der Waals surface area (Å²) < 4.78 is 4.97. The molecule has 1 heterocycles. The highest BCUT2D eigenvalue weighted by Crippen LogP contribution is 2.33. The van der Waals surface area contributed by atoms with Gasteiger partial charge in [-0.1, -0.05) is 0 Å². The van der Waals surface area contributed by atoms with Crippen molar-refractivity contribution in [1.29, 1.82) is 0 Å². The molecule has 4 heteroatoms. The minimum Gasteiger partial charge on any atom is -0.464 e. The first-order chi connectivity index (χ1) is 7.24. The Morgan fingerprint density at radius 1 is 1.33 bits per heavy atom. The van der Waals surface area contributed by atoms with E-state index in [2.05, 4.69) is 0 Å². The first kappa shape index (κ1) is 10.5. The van der Waals surface area contributed by atoms with Crippen LogP contribution in [0.2, 0.25) is 0 Å². The zero-order valence-electron chi connectivity index (χ0n) is 9.07. The summed E-state index contributed by atoms with van der Waals surface area (Å²) in [6, 6.07) is -0.307. The molecule has 1 aliphatic heterocycles. The average Bonchev–Trinajstić information content (AvgIpc) is 2.94. The highest BCUT2D eigenvalue weighted by Gasteiger charge is 2.41. The number of rotatable bonds is 3. The Hall–Kier alpha value is -1.06. The molecule has 15 heavy (non-hydrogen) atoms. The summed E-state index contributed by atoms with van der Waals surface area (Å²) in [4.78, 5) is 25.1. The molecule has 0 radical (unpaired) electrons. The van der Waals surface area contributed by atoms with Crippen molar-refractivity contribution in [2.45, 2.75) is 38.6 Å². The van der Waals surface area contributed by atoms with E-state index in [0.29, 0.717) is 6.61 Å². The van der Waals surface area contributed by atoms with Crippen molar-refractivity contribution in [3.8, 4) is 0 Å². The van der Waals surface area contributed by atoms with E-state index >= 15 is 0 Å². The van der Waals surface area contributed by atoms with Gasteiger partial charge in [-0.25, -0.2) is 4.79 Å². The second-order valence-corrected chi connectivity index (χ2v) is 4.22. The summed E-state index contributed by atoms with van der Waals surface area (Å²) in [5, 5.41) is 0. The molecule has 1 atom stereocenters. The minimum atomic E-state index is -0.307. The third-order valence-electron chi connectivity index (χ3n) is 3.02. The topological polar surface area (TPSA) is 46.6 Å². The zero-order valence-corrected chi connectivity index (χ0v) is 9.07. The molecule has 2 rings (SSSR count). The number of amides is 1. The highest BCUT2D eigenvalue weighted by molar-refractivity contribution is 5.87. The van der Waals surface area contributed by atoms with E-state index in [-0.39, 0.29) is 23.8 Å². The van der Waals surface area contributed by atoms with Crippen LogP contribution in [0.1, 0.15) is 32.6 Å². The van der Waals surface area contributed by atoms with E-state index in [1.807, 2.05) is 0 Å². The Morgan fingerprint density at radius 2 is 2.07 bits per heavy atom. The van der Waals surface area contributed by atoms with Crippen molar-refractivity contribution >= 4 is 11.9 Å². The predicted molar refractivity (Wildman–Crippen MR) is 54.1 cm³/mol. The number of carbonyl (C=O) groups is 2. The molecule has 1 saturated carbocycles. The van der Waals surface area contributed by atoms with Gasteiger partial charge in [-0.15, -0.1) is 0 Å². The lowest BCUT2D eigenvalue weighted by molar-refractivity contribution is -0.153. The molecule has 1 saturated heterocycles. The second kappa shape index (κ2) is 4.21. The molecule has 0 spiro atoms. The molecule has 2 aliphatic rings. The van der Waals surface area contributed by atoms with Crippen LogP contribution in [0.3, 0.4) is 0 Å². The van der Waals surface area contributed by atoms with Crippen LogP contribution in [0.5, 0.6) is 0 Å². The Labute approximate surface area is 89.6 Å². The molecule has 4 nitrogen and oxygen atoms in total. The molecule has 1 unspecified atom stereocenters. The van der Waals surface area contributed by atoms with Crippen LogP contribution in [0.25, 0.3) is 0 Å². The summed E-state index contributed by atoms with van der Waals surface area (Å²) in [7, 11) is 0. The van der Waals surface area contributed by atoms with E-state index in [1.54, 1.807) is 11.8 Å². The van der Waals surface area contributed by atoms with Crippen molar-refractivity contribution in [3.05, 3.63) is 0 Å². The Balaban J connectivity index is 1.97. The van der Waals surface area contributed by atoms with Crippen molar-refractivity contribution < 1.29 is 14.3 Å². The predicted octanol–water partition coefficient (Wildman–Crippen LogP) is 0.950. The quantitative estimate of drug-likeness (QED) is 0.653. The normalized spacial score (nSPS) is 25.4. The number of ether oxygens (including phenoxy) is 1. The van der Waals surface area contributed by atoms with Crippen LogP contribution in [0.4, 0.5) is 0 Å². The first-order valence-corrected chi connectivity index (χ1v) is 5.71. The van der Waals surface area contributed by atoms with Gasteiger partial charge >= 0.3 is 5.97 Å². The maximum absolute atomic E-state index is 11.8. The van der Waals surface area contributed by atoms with E-state index in [0.717, 1.165) is 32.2 Å². The Kier molecular flexibility index (Phi) is 2.93. The summed E-state index contributed by atoms with van der Waals surface area (Å²) in [6.07, 6.45) is 3.66. The van der Waals surface area contributed by atoms with E-state index < -0.39 is 0 Å². The number of carbonyl (C=O) groups excluding carboxylic acids is 2. The van der Waals surface area contributed by atoms with Crippen molar-refractivity contribution in [3.63, 3.8) is 0 Å². The Morgan fingerprint density at radius 3 is 2.67 bits per heavy atom. The molecule has 0 N–H and O–H groups in total. The fraction of sp³-hybridized carbons (Fsp3) is 0.818. The third kappa shape index (κ3) is 2.13. The lowest BCUT2D eigenvalue weighted by Gasteiger charge is -2.22. The lowest BCUT2D eigenvalue weighted by atomic mass is 10.2. The molecule has 84 valence electrons. The van der Waals surface area contributed by atoms with Gasteiger partial charge in [-0.2, -0.15) is 0 Å². The zero-order chi connectivity index (χ0) is 10.8. The average molecular weight is 211 g/mol. The van der Waals surface area contributed by atoms with Gasteiger partial charge in [-0.05, 0) is 32.6 Å². The molecule has 1 aliphatic carbocycles. The van der Waals surface area contributed by atoms with Gasteiger partial charge < -0.3 is 9.64 Å². The fourth-order valence-corrected chi connectivity index (χ4v) is 2.08. The number of nitrogens with zero attached hydrogens (tertiary/aromatic N) is 1. The van der Waals surface area contributed by atoms with Gasteiger partial charge in [-0.3, -0.25) is 4.79 Å². The van der Waals surface area contributed by atoms with Crippen LogP contribution in [-0.2, 0) is 14.3 Å².